The Labute approximate surface area is 151 Å². The van der Waals surface area contributed by atoms with Crippen LogP contribution in [0.15, 0.2) is 48.5 Å². The Morgan fingerprint density at radius 3 is 2.42 bits per heavy atom. The van der Waals surface area contributed by atoms with Crippen LogP contribution in [0.25, 0.3) is 0 Å². The number of nitrogens with zero attached hydrogens (tertiary/aromatic N) is 2. The lowest BCUT2D eigenvalue weighted by Crippen LogP contribution is -2.20. The van der Waals surface area contributed by atoms with Gasteiger partial charge in [0.1, 0.15) is 5.82 Å². The molecule has 2 amide bonds. The molecule has 5 nitrogen and oxygen atoms in total. The fraction of sp³-hybridized carbons (Fsp3) is 0.200. The number of aromatic nitrogens is 2. The van der Waals surface area contributed by atoms with Gasteiger partial charge in [0.2, 0.25) is 0 Å². The van der Waals surface area contributed by atoms with Gasteiger partial charge in [-0.15, -0.1) is 0 Å². The summed E-state index contributed by atoms with van der Waals surface area (Å²) in [5, 5.41) is 10.1. The molecule has 0 saturated heterocycles. The van der Waals surface area contributed by atoms with Gasteiger partial charge in [0.05, 0.1) is 23.6 Å². The van der Waals surface area contributed by atoms with E-state index in [1.54, 1.807) is 0 Å². The molecule has 134 valence electrons. The van der Waals surface area contributed by atoms with E-state index in [1.807, 2.05) is 30.7 Å². The topological polar surface area (TPSA) is 59.0 Å². The second-order valence-corrected chi connectivity index (χ2v) is 6.22. The van der Waals surface area contributed by atoms with Crippen molar-refractivity contribution in [3.8, 4) is 0 Å². The second kappa shape index (κ2) is 7.39. The van der Waals surface area contributed by atoms with E-state index in [1.165, 1.54) is 35.4 Å². The SMILES string of the molecule is Cc1ccccc1Cn1nc(C)c(NC(=O)Nc2ccc(F)cc2)c1C. The lowest BCUT2D eigenvalue weighted by atomic mass is 10.1. The number of rotatable bonds is 4. The first-order valence-electron chi connectivity index (χ1n) is 8.36. The van der Waals surface area contributed by atoms with E-state index in [0.717, 1.165) is 11.4 Å². The van der Waals surface area contributed by atoms with Crippen LogP contribution in [0, 0.1) is 26.6 Å². The highest BCUT2D eigenvalue weighted by Crippen LogP contribution is 2.21. The Hall–Kier alpha value is -3.15. The molecule has 1 heterocycles. The van der Waals surface area contributed by atoms with E-state index >= 15 is 0 Å². The first-order chi connectivity index (χ1) is 12.4. The molecule has 0 unspecified atom stereocenters. The second-order valence-electron chi connectivity index (χ2n) is 6.22. The molecule has 0 aliphatic heterocycles. The number of nitrogens with one attached hydrogen (secondary N) is 2. The van der Waals surface area contributed by atoms with Crippen molar-refractivity contribution in [1.29, 1.82) is 0 Å². The van der Waals surface area contributed by atoms with Gasteiger partial charge in [-0.2, -0.15) is 5.10 Å². The number of hydrogen-bond donors (Lipinski definition) is 2. The smallest absolute Gasteiger partial charge is 0.308 e. The molecule has 3 rings (SSSR count). The third-order valence-corrected chi connectivity index (χ3v) is 4.30. The van der Waals surface area contributed by atoms with E-state index in [0.29, 0.717) is 17.9 Å². The molecule has 0 radical (unpaired) electrons. The monoisotopic (exact) mass is 352 g/mol. The van der Waals surface area contributed by atoms with Crippen LogP contribution in [0.2, 0.25) is 0 Å². The maximum atomic E-state index is 12.9. The van der Waals surface area contributed by atoms with Gasteiger partial charge in [-0.1, -0.05) is 24.3 Å². The fourth-order valence-electron chi connectivity index (χ4n) is 2.79. The van der Waals surface area contributed by atoms with Gasteiger partial charge in [0, 0.05) is 5.69 Å². The molecular weight excluding hydrogens is 331 g/mol. The molecule has 26 heavy (non-hydrogen) atoms. The highest BCUT2D eigenvalue weighted by atomic mass is 19.1. The number of halogens is 1. The molecule has 0 fully saturated rings. The minimum absolute atomic E-state index is 0.347. The van der Waals surface area contributed by atoms with Crippen molar-refractivity contribution >= 4 is 17.4 Å². The number of benzene rings is 2. The molecule has 0 aliphatic rings. The Morgan fingerprint density at radius 2 is 1.73 bits per heavy atom. The molecule has 0 atom stereocenters. The van der Waals surface area contributed by atoms with Crippen molar-refractivity contribution in [3.05, 3.63) is 76.9 Å². The van der Waals surface area contributed by atoms with Crippen molar-refractivity contribution in [1.82, 2.24) is 9.78 Å². The maximum absolute atomic E-state index is 12.9. The summed E-state index contributed by atoms with van der Waals surface area (Å²) in [6.45, 7) is 6.48. The van der Waals surface area contributed by atoms with Crippen LogP contribution in [0.4, 0.5) is 20.6 Å². The van der Waals surface area contributed by atoms with Crippen molar-refractivity contribution in [2.75, 3.05) is 10.6 Å². The number of carbonyl (C=O) groups is 1. The summed E-state index contributed by atoms with van der Waals surface area (Å²) >= 11 is 0. The molecule has 0 aliphatic carbocycles. The zero-order valence-electron chi connectivity index (χ0n) is 15.0. The third kappa shape index (κ3) is 3.91. The highest BCUT2D eigenvalue weighted by molar-refractivity contribution is 6.00. The van der Waals surface area contributed by atoms with E-state index < -0.39 is 6.03 Å². The van der Waals surface area contributed by atoms with Gasteiger partial charge in [0.25, 0.3) is 0 Å². The molecule has 3 aromatic rings. The zero-order chi connectivity index (χ0) is 18.7. The van der Waals surface area contributed by atoms with E-state index in [-0.39, 0.29) is 5.82 Å². The number of carbonyl (C=O) groups excluding carboxylic acids is 1. The molecule has 0 saturated carbocycles. The third-order valence-electron chi connectivity index (χ3n) is 4.30. The minimum atomic E-state index is -0.391. The summed E-state index contributed by atoms with van der Waals surface area (Å²) in [5.41, 5.74) is 5.19. The summed E-state index contributed by atoms with van der Waals surface area (Å²) in [4.78, 5) is 12.2. The standard InChI is InChI=1S/C20H21FN4O/c1-13-6-4-5-7-16(13)12-25-15(3)19(14(2)24-25)23-20(26)22-18-10-8-17(21)9-11-18/h4-11H,12H2,1-3H3,(H2,22,23,26). The van der Waals surface area contributed by atoms with Gasteiger partial charge < -0.3 is 10.6 Å². The van der Waals surface area contributed by atoms with Crippen LogP contribution in [-0.4, -0.2) is 15.8 Å². The summed E-state index contributed by atoms with van der Waals surface area (Å²) in [5.74, 6) is -0.347. The zero-order valence-corrected chi connectivity index (χ0v) is 15.0. The Morgan fingerprint density at radius 1 is 1.04 bits per heavy atom. The first-order valence-corrected chi connectivity index (χ1v) is 8.36. The summed E-state index contributed by atoms with van der Waals surface area (Å²) in [7, 11) is 0. The largest absolute Gasteiger partial charge is 0.323 e. The molecule has 0 spiro atoms. The van der Waals surface area contributed by atoms with Gasteiger partial charge in [-0.25, -0.2) is 9.18 Å². The lowest BCUT2D eigenvalue weighted by molar-refractivity contribution is 0.262. The van der Waals surface area contributed by atoms with Crippen LogP contribution in [0.5, 0.6) is 0 Å². The normalized spacial score (nSPS) is 10.6. The molecule has 0 bridgehead atoms. The van der Waals surface area contributed by atoms with Gasteiger partial charge in [0.15, 0.2) is 0 Å². The predicted molar refractivity (Wildman–Crippen MR) is 101 cm³/mol. The van der Waals surface area contributed by atoms with Crippen LogP contribution in [-0.2, 0) is 6.54 Å². The molecule has 2 aromatic carbocycles. The van der Waals surface area contributed by atoms with Crippen molar-refractivity contribution in [2.45, 2.75) is 27.3 Å². The average molecular weight is 352 g/mol. The predicted octanol–water partition coefficient (Wildman–Crippen LogP) is 4.64. The summed E-state index contributed by atoms with van der Waals surface area (Å²) < 4.78 is 14.8. The molecular formula is C20H21FN4O. The molecule has 2 N–H and O–H groups in total. The Bertz CT molecular complexity index is 931. The number of aryl methyl sites for hydroxylation is 2. The lowest BCUT2D eigenvalue weighted by Gasteiger charge is -2.10. The van der Waals surface area contributed by atoms with E-state index in [2.05, 4.69) is 34.8 Å². The van der Waals surface area contributed by atoms with Crippen molar-refractivity contribution < 1.29 is 9.18 Å². The van der Waals surface area contributed by atoms with E-state index in [4.69, 9.17) is 0 Å². The number of hydrogen-bond acceptors (Lipinski definition) is 2. The van der Waals surface area contributed by atoms with Gasteiger partial charge >= 0.3 is 6.03 Å². The average Bonchev–Trinajstić information content (AvgIpc) is 2.86. The van der Waals surface area contributed by atoms with Crippen LogP contribution >= 0.6 is 0 Å². The van der Waals surface area contributed by atoms with Gasteiger partial charge in [-0.05, 0) is 56.2 Å². The number of urea groups is 1. The Balaban J connectivity index is 1.74. The molecule has 1 aromatic heterocycles. The minimum Gasteiger partial charge on any atom is -0.308 e. The van der Waals surface area contributed by atoms with Gasteiger partial charge in [-0.3, -0.25) is 4.68 Å². The number of amides is 2. The summed E-state index contributed by atoms with van der Waals surface area (Å²) in [6.07, 6.45) is 0. The van der Waals surface area contributed by atoms with Crippen LogP contribution in [0.3, 0.4) is 0 Å². The number of anilines is 2. The van der Waals surface area contributed by atoms with Crippen LogP contribution < -0.4 is 10.6 Å². The van der Waals surface area contributed by atoms with Crippen LogP contribution in [0.1, 0.15) is 22.5 Å². The van der Waals surface area contributed by atoms with Crippen molar-refractivity contribution in [3.63, 3.8) is 0 Å². The highest BCUT2D eigenvalue weighted by Gasteiger charge is 2.15. The quantitative estimate of drug-likeness (QED) is 0.719. The Kier molecular flexibility index (Phi) is 5.02. The van der Waals surface area contributed by atoms with Crippen molar-refractivity contribution in [2.24, 2.45) is 0 Å². The molecule has 6 heteroatoms. The fourth-order valence-corrected chi connectivity index (χ4v) is 2.79. The van der Waals surface area contributed by atoms with E-state index in [9.17, 15) is 9.18 Å². The maximum Gasteiger partial charge on any atom is 0.323 e. The summed E-state index contributed by atoms with van der Waals surface area (Å²) in [6, 6.07) is 13.4. The first kappa shape index (κ1) is 17.7.